The van der Waals surface area contributed by atoms with Gasteiger partial charge in [-0.3, -0.25) is 4.98 Å². The second-order valence-corrected chi connectivity index (χ2v) is 6.40. The van der Waals surface area contributed by atoms with Gasteiger partial charge in [-0.05, 0) is 24.3 Å². The van der Waals surface area contributed by atoms with Crippen LogP contribution in [0.2, 0.25) is 10.0 Å². The molecule has 0 radical (unpaired) electrons. The summed E-state index contributed by atoms with van der Waals surface area (Å²) in [5.41, 5.74) is 11.1. The molecule has 122 valence electrons. The minimum atomic E-state index is 0.489. The number of nitrogen functional groups attached to an aromatic ring is 1. The van der Waals surface area contributed by atoms with E-state index in [1.807, 2.05) is 48.5 Å². The van der Waals surface area contributed by atoms with Crippen LogP contribution in [-0.4, -0.2) is 15.0 Å². The van der Waals surface area contributed by atoms with Gasteiger partial charge in [-0.1, -0.05) is 47.5 Å². The first-order valence-electron chi connectivity index (χ1n) is 7.55. The van der Waals surface area contributed by atoms with E-state index in [2.05, 4.69) is 4.98 Å². The fourth-order valence-corrected chi connectivity index (χ4v) is 2.87. The average molecular weight is 367 g/mol. The van der Waals surface area contributed by atoms with Gasteiger partial charge in [0.15, 0.2) is 0 Å². The number of fused-ring (bicyclic) bond motifs is 1. The maximum atomic E-state index is 6.03. The van der Waals surface area contributed by atoms with Crippen molar-refractivity contribution in [3.63, 3.8) is 0 Å². The molecule has 0 bridgehead atoms. The molecule has 0 aliphatic carbocycles. The van der Waals surface area contributed by atoms with Crippen molar-refractivity contribution in [2.75, 3.05) is 5.73 Å². The fourth-order valence-electron chi connectivity index (χ4n) is 2.62. The van der Waals surface area contributed by atoms with Crippen molar-refractivity contribution >= 4 is 39.9 Å². The number of nitrogens with zero attached hydrogens (tertiary/aromatic N) is 3. The van der Waals surface area contributed by atoms with Crippen LogP contribution in [0, 0.1) is 0 Å². The Morgan fingerprint density at radius 1 is 0.680 bits per heavy atom. The van der Waals surface area contributed by atoms with E-state index >= 15 is 0 Å². The highest BCUT2D eigenvalue weighted by atomic mass is 35.5. The van der Waals surface area contributed by atoms with Crippen molar-refractivity contribution < 1.29 is 0 Å². The van der Waals surface area contributed by atoms with Crippen molar-refractivity contribution in [2.45, 2.75) is 0 Å². The summed E-state index contributed by atoms with van der Waals surface area (Å²) in [6.45, 7) is 0. The van der Waals surface area contributed by atoms with E-state index in [0.717, 1.165) is 22.5 Å². The molecule has 25 heavy (non-hydrogen) atoms. The SMILES string of the molecule is Nc1cncc2nc(-c3ccc(Cl)cc3)c(-c3ccc(Cl)cc3)nc12. The zero-order valence-electron chi connectivity index (χ0n) is 12.9. The molecule has 4 rings (SSSR count). The Balaban J connectivity index is 2.03. The number of aromatic nitrogens is 3. The molecular formula is C19H12Cl2N4. The number of halogens is 2. The van der Waals surface area contributed by atoms with Crippen LogP contribution in [-0.2, 0) is 0 Å². The molecule has 0 saturated heterocycles. The van der Waals surface area contributed by atoms with E-state index in [9.17, 15) is 0 Å². The van der Waals surface area contributed by atoms with Gasteiger partial charge in [0, 0.05) is 21.2 Å². The van der Waals surface area contributed by atoms with E-state index < -0.39 is 0 Å². The Morgan fingerprint density at radius 3 is 1.76 bits per heavy atom. The minimum Gasteiger partial charge on any atom is -0.396 e. The standard InChI is InChI=1S/C19H12Cl2N4/c20-13-5-1-11(2-6-13)17-18(12-3-7-14(21)8-4-12)25-19-15(22)9-23-10-16(19)24-17/h1-10H,22H2. The molecule has 0 aliphatic rings. The average Bonchev–Trinajstić information content (AvgIpc) is 2.63. The number of nitrogens with two attached hydrogens (primary N) is 1. The van der Waals surface area contributed by atoms with Crippen LogP contribution < -0.4 is 5.73 Å². The van der Waals surface area contributed by atoms with E-state index in [1.54, 1.807) is 12.4 Å². The molecule has 6 heteroatoms. The lowest BCUT2D eigenvalue weighted by Gasteiger charge is -2.11. The molecule has 2 heterocycles. The van der Waals surface area contributed by atoms with Gasteiger partial charge in [-0.25, -0.2) is 9.97 Å². The first-order valence-corrected chi connectivity index (χ1v) is 8.30. The molecule has 4 aromatic rings. The number of hydrogen-bond donors (Lipinski definition) is 1. The highest BCUT2D eigenvalue weighted by Gasteiger charge is 2.14. The zero-order chi connectivity index (χ0) is 17.4. The number of hydrogen-bond acceptors (Lipinski definition) is 4. The number of benzene rings is 2. The summed E-state index contributed by atoms with van der Waals surface area (Å²) in [5, 5.41) is 1.32. The molecule has 0 amide bonds. The summed E-state index contributed by atoms with van der Waals surface area (Å²) in [5.74, 6) is 0. The predicted octanol–water partition coefficient (Wildman–Crippen LogP) is 5.25. The lowest BCUT2D eigenvalue weighted by molar-refractivity contribution is 1.25. The van der Waals surface area contributed by atoms with Gasteiger partial charge in [-0.15, -0.1) is 0 Å². The maximum Gasteiger partial charge on any atom is 0.116 e. The topological polar surface area (TPSA) is 64.7 Å². The normalized spacial score (nSPS) is 11.0. The molecule has 2 N–H and O–H groups in total. The lowest BCUT2D eigenvalue weighted by atomic mass is 10.0. The summed E-state index contributed by atoms with van der Waals surface area (Å²) in [7, 11) is 0. The molecule has 0 aliphatic heterocycles. The van der Waals surface area contributed by atoms with Crippen molar-refractivity contribution in [3.8, 4) is 22.5 Å². The van der Waals surface area contributed by atoms with E-state index in [1.165, 1.54) is 0 Å². The Labute approximate surface area is 154 Å². The largest absolute Gasteiger partial charge is 0.396 e. The predicted molar refractivity (Wildman–Crippen MR) is 103 cm³/mol. The van der Waals surface area contributed by atoms with E-state index in [4.69, 9.17) is 38.9 Å². The minimum absolute atomic E-state index is 0.489. The second-order valence-electron chi connectivity index (χ2n) is 5.53. The van der Waals surface area contributed by atoms with Gasteiger partial charge in [0.25, 0.3) is 0 Å². The number of pyridine rings is 1. The van der Waals surface area contributed by atoms with E-state index in [0.29, 0.717) is 26.8 Å². The van der Waals surface area contributed by atoms with Crippen LogP contribution in [0.5, 0.6) is 0 Å². The third kappa shape index (κ3) is 3.02. The van der Waals surface area contributed by atoms with Crippen molar-refractivity contribution in [3.05, 3.63) is 71.0 Å². The van der Waals surface area contributed by atoms with Crippen molar-refractivity contribution in [1.29, 1.82) is 0 Å². The molecule has 0 atom stereocenters. The summed E-state index contributed by atoms with van der Waals surface area (Å²) >= 11 is 12.0. The van der Waals surface area contributed by atoms with Crippen LogP contribution in [0.1, 0.15) is 0 Å². The molecule has 0 spiro atoms. The smallest absolute Gasteiger partial charge is 0.116 e. The van der Waals surface area contributed by atoms with Gasteiger partial charge in [0.1, 0.15) is 11.0 Å². The van der Waals surface area contributed by atoms with Gasteiger partial charge < -0.3 is 5.73 Å². The maximum absolute atomic E-state index is 6.03. The van der Waals surface area contributed by atoms with Crippen LogP contribution in [0.4, 0.5) is 5.69 Å². The Hall–Kier alpha value is -2.69. The van der Waals surface area contributed by atoms with Gasteiger partial charge >= 0.3 is 0 Å². The molecule has 0 saturated carbocycles. The molecule has 0 unspecified atom stereocenters. The van der Waals surface area contributed by atoms with Gasteiger partial charge in [0.2, 0.25) is 0 Å². The van der Waals surface area contributed by atoms with Crippen LogP contribution >= 0.6 is 23.2 Å². The van der Waals surface area contributed by atoms with Crippen LogP contribution in [0.3, 0.4) is 0 Å². The quantitative estimate of drug-likeness (QED) is 0.526. The molecule has 0 fully saturated rings. The Bertz CT molecular complexity index is 1060. The Kier molecular flexibility index (Phi) is 3.99. The highest BCUT2D eigenvalue weighted by Crippen LogP contribution is 2.33. The van der Waals surface area contributed by atoms with Gasteiger partial charge in [-0.2, -0.15) is 0 Å². The van der Waals surface area contributed by atoms with Crippen molar-refractivity contribution in [1.82, 2.24) is 15.0 Å². The third-order valence-corrected chi connectivity index (χ3v) is 4.35. The Morgan fingerprint density at radius 2 is 1.20 bits per heavy atom. The lowest BCUT2D eigenvalue weighted by Crippen LogP contribution is -1.99. The van der Waals surface area contributed by atoms with Crippen LogP contribution in [0.25, 0.3) is 33.5 Å². The summed E-state index contributed by atoms with van der Waals surface area (Å²) < 4.78 is 0. The highest BCUT2D eigenvalue weighted by molar-refractivity contribution is 6.31. The summed E-state index contributed by atoms with van der Waals surface area (Å²) in [6, 6.07) is 14.9. The first kappa shape index (κ1) is 15.8. The second kappa shape index (κ2) is 6.31. The van der Waals surface area contributed by atoms with Gasteiger partial charge in [0.05, 0.1) is 29.5 Å². The van der Waals surface area contributed by atoms with E-state index in [-0.39, 0.29) is 0 Å². The van der Waals surface area contributed by atoms with Crippen LogP contribution in [0.15, 0.2) is 60.9 Å². The van der Waals surface area contributed by atoms with Crippen molar-refractivity contribution in [2.24, 2.45) is 0 Å². The molecule has 2 aromatic heterocycles. The summed E-state index contributed by atoms with van der Waals surface area (Å²) in [4.78, 5) is 13.6. The first-order chi connectivity index (χ1) is 12.1. The molecule has 2 aromatic carbocycles. The zero-order valence-corrected chi connectivity index (χ0v) is 14.5. The number of anilines is 1. The number of rotatable bonds is 2. The summed E-state index contributed by atoms with van der Waals surface area (Å²) in [6.07, 6.45) is 3.23. The monoisotopic (exact) mass is 366 g/mol. The molecule has 4 nitrogen and oxygen atoms in total. The fraction of sp³-hybridized carbons (Fsp3) is 0. The molecular weight excluding hydrogens is 355 g/mol. The third-order valence-electron chi connectivity index (χ3n) is 3.84.